The molecular formula is C35H63N3O2. The van der Waals surface area contributed by atoms with Gasteiger partial charge in [0.25, 0.3) is 6.47 Å². The van der Waals surface area contributed by atoms with Crippen molar-refractivity contribution >= 4 is 6.47 Å². The molecule has 0 heterocycles. The van der Waals surface area contributed by atoms with Crippen LogP contribution in [0.2, 0.25) is 0 Å². The van der Waals surface area contributed by atoms with Crippen molar-refractivity contribution < 1.29 is 9.53 Å². The van der Waals surface area contributed by atoms with Gasteiger partial charge in [-0.25, -0.2) is 0 Å². The Kier molecular flexibility index (Phi) is 15.8. The number of ether oxygens (including phenoxy) is 1. The van der Waals surface area contributed by atoms with Crippen LogP contribution in [-0.2, 0) is 9.53 Å². The second-order valence-corrected chi connectivity index (χ2v) is 14.0. The van der Waals surface area contributed by atoms with E-state index in [0.29, 0.717) is 66.4 Å². The van der Waals surface area contributed by atoms with E-state index >= 15 is 0 Å². The van der Waals surface area contributed by atoms with Crippen molar-refractivity contribution in [2.24, 2.45) is 64.9 Å². The van der Waals surface area contributed by atoms with Gasteiger partial charge in [0, 0.05) is 18.5 Å². The summed E-state index contributed by atoms with van der Waals surface area (Å²) in [6, 6.07) is 3.09. The summed E-state index contributed by atoms with van der Waals surface area (Å²) in [5.41, 5.74) is 8.38. The zero-order chi connectivity index (χ0) is 30.7. The number of nitrogens with zero attached hydrogens (tertiary/aromatic N) is 2. The van der Waals surface area contributed by atoms with Gasteiger partial charge >= 0.3 is 0 Å². The number of rotatable bonds is 17. The molecule has 0 radical (unpaired) electrons. The first-order valence-corrected chi connectivity index (χ1v) is 16.0. The first kappa shape index (κ1) is 36.4. The Hall–Kier alpha value is -1.64. The number of hydrogen-bond acceptors (Lipinski definition) is 5. The van der Waals surface area contributed by atoms with Gasteiger partial charge in [0.15, 0.2) is 0 Å². The van der Waals surface area contributed by atoms with Gasteiger partial charge in [0.05, 0.1) is 12.0 Å². The molecule has 5 heteroatoms. The van der Waals surface area contributed by atoms with Crippen molar-refractivity contribution in [3.05, 3.63) is 23.8 Å². The smallest absolute Gasteiger partial charge is 0.293 e. The minimum atomic E-state index is -0.152. The molecule has 2 N–H and O–H groups in total. The Morgan fingerprint density at radius 1 is 1.12 bits per heavy atom. The Bertz CT molecular complexity index is 844. The topological polar surface area (TPSA) is 79.3 Å². The summed E-state index contributed by atoms with van der Waals surface area (Å²) in [5.74, 6) is 4.37. The fourth-order valence-electron chi connectivity index (χ4n) is 7.50. The van der Waals surface area contributed by atoms with E-state index in [4.69, 9.17) is 10.5 Å². The Labute approximate surface area is 248 Å². The van der Waals surface area contributed by atoms with Gasteiger partial charge < -0.3 is 15.4 Å². The van der Waals surface area contributed by atoms with Crippen LogP contribution in [-0.4, -0.2) is 44.2 Å². The van der Waals surface area contributed by atoms with Gasteiger partial charge in [0.1, 0.15) is 6.10 Å². The predicted octanol–water partition coefficient (Wildman–Crippen LogP) is 7.73. The molecule has 0 aromatic carbocycles. The molecular weight excluding hydrogens is 494 g/mol. The molecule has 0 aromatic rings. The third-order valence-electron chi connectivity index (χ3n) is 10.6. The molecule has 230 valence electrons. The van der Waals surface area contributed by atoms with Gasteiger partial charge in [-0.2, -0.15) is 5.26 Å². The lowest BCUT2D eigenvalue weighted by atomic mass is 9.63. The summed E-state index contributed by atoms with van der Waals surface area (Å²) in [4.78, 5) is 13.2. The minimum Gasteiger partial charge on any atom is -0.464 e. The lowest BCUT2D eigenvalue weighted by Gasteiger charge is -2.44. The summed E-state index contributed by atoms with van der Waals surface area (Å²) in [6.07, 6.45) is 7.19. The summed E-state index contributed by atoms with van der Waals surface area (Å²) < 4.78 is 5.30. The predicted molar refractivity (Wildman–Crippen MR) is 169 cm³/mol. The van der Waals surface area contributed by atoms with Crippen LogP contribution in [0.15, 0.2) is 23.8 Å². The molecule has 8 unspecified atom stereocenters. The van der Waals surface area contributed by atoms with Gasteiger partial charge in [-0.15, -0.1) is 0 Å². The molecule has 0 amide bonds. The third-order valence-corrected chi connectivity index (χ3v) is 10.6. The highest BCUT2D eigenvalue weighted by molar-refractivity contribution is 5.38. The van der Waals surface area contributed by atoms with Crippen LogP contribution in [0.5, 0.6) is 0 Å². The molecule has 1 aliphatic rings. The molecule has 1 fully saturated rings. The average molecular weight is 558 g/mol. The lowest BCUT2D eigenvalue weighted by Crippen LogP contribution is -2.45. The highest BCUT2D eigenvalue weighted by Crippen LogP contribution is 2.45. The van der Waals surface area contributed by atoms with Gasteiger partial charge in [-0.05, 0) is 105 Å². The average Bonchev–Trinajstić information content (AvgIpc) is 2.91. The molecule has 0 saturated heterocycles. The number of carbonyl (C=O) groups excluding carboxylic acids is 1. The lowest BCUT2D eigenvalue weighted by molar-refractivity contribution is -0.135. The van der Waals surface area contributed by atoms with E-state index in [-0.39, 0.29) is 17.9 Å². The minimum absolute atomic E-state index is 0.0793. The first-order valence-electron chi connectivity index (χ1n) is 16.0. The second-order valence-electron chi connectivity index (χ2n) is 14.0. The highest BCUT2D eigenvalue weighted by atomic mass is 16.5. The summed E-state index contributed by atoms with van der Waals surface area (Å²) >= 11 is 0. The van der Waals surface area contributed by atoms with Crippen LogP contribution in [0.1, 0.15) is 94.4 Å². The number of carbonyl (C=O) groups is 1. The molecule has 40 heavy (non-hydrogen) atoms. The SMILES string of the molecule is C=C(/C(=C/[C@@H](C)C(CC)OC=O)CN)C(C)CC(C)[C@H](CC1CC(C)CC(N(C)C)[C@H]1C#N)C(C)C(C)C(C)C. The summed E-state index contributed by atoms with van der Waals surface area (Å²) in [5, 5.41) is 10.3. The molecule has 1 saturated carbocycles. The molecule has 0 spiro atoms. The summed E-state index contributed by atoms with van der Waals surface area (Å²) in [7, 11) is 4.27. The third kappa shape index (κ3) is 10.0. The maximum atomic E-state index is 11.0. The maximum absolute atomic E-state index is 11.0. The Balaban J connectivity index is 3.22. The molecule has 0 bridgehead atoms. The Morgan fingerprint density at radius 2 is 1.75 bits per heavy atom. The maximum Gasteiger partial charge on any atom is 0.293 e. The largest absolute Gasteiger partial charge is 0.464 e. The Morgan fingerprint density at radius 3 is 2.23 bits per heavy atom. The van der Waals surface area contributed by atoms with E-state index in [2.05, 4.69) is 93.1 Å². The zero-order valence-corrected chi connectivity index (χ0v) is 27.8. The van der Waals surface area contributed by atoms with Crippen molar-refractivity contribution in [1.29, 1.82) is 5.26 Å². The molecule has 0 aromatic heterocycles. The fourth-order valence-corrected chi connectivity index (χ4v) is 7.50. The zero-order valence-electron chi connectivity index (χ0n) is 27.8. The molecule has 5 nitrogen and oxygen atoms in total. The highest BCUT2D eigenvalue weighted by Gasteiger charge is 2.41. The van der Waals surface area contributed by atoms with Crippen LogP contribution >= 0.6 is 0 Å². The standard InChI is InChI=1S/C35H63N3O2/c1-13-35(40-21-39)26(7)17-31(19-36)28(9)24(5)16-25(6)32(29(10)27(8)22(2)3)18-30-14-23(4)15-34(38(11)12)33(30)20-37/h17,21-27,29-30,32-35H,9,13-16,18-19,36H2,1-8,10-12H3/b31-17+/t23?,24?,25?,26-,27?,29?,30?,32+,33+,34?,35?/m1/s1. The quantitative estimate of drug-likeness (QED) is 0.146. The second kappa shape index (κ2) is 17.3. The monoisotopic (exact) mass is 557 g/mol. The van der Waals surface area contributed by atoms with Crippen LogP contribution in [0.3, 0.4) is 0 Å². The van der Waals surface area contributed by atoms with Crippen LogP contribution < -0.4 is 5.73 Å². The van der Waals surface area contributed by atoms with Crippen molar-refractivity contribution in [3.8, 4) is 6.07 Å². The van der Waals surface area contributed by atoms with E-state index in [1.165, 1.54) is 0 Å². The van der Waals surface area contributed by atoms with Crippen molar-refractivity contribution in [2.75, 3.05) is 20.6 Å². The first-order chi connectivity index (χ1) is 18.7. The normalized spacial score (nSPS) is 27.3. The molecule has 1 aliphatic carbocycles. The van der Waals surface area contributed by atoms with E-state index < -0.39 is 0 Å². The van der Waals surface area contributed by atoms with E-state index in [1.807, 2.05) is 6.92 Å². The molecule has 0 aliphatic heterocycles. The van der Waals surface area contributed by atoms with Crippen LogP contribution in [0, 0.1) is 70.5 Å². The van der Waals surface area contributed by atoms with Gasteiger partial charge in [-0.3, -0.25) is 4.79 Å². The number of nitriles is 1. The van der Waals surface area contributed by atoms with Gasteiger partial charge in [0.2, 0.25) is 0 Å². The van der Waals surface area contributed by atoms with Crippen molar-refractivity contribution in [3.63, 3.8) is 0 Å². The van der Waals surface area contributed by atoms with Crippen LogP contribution in [0.4, 0.5) is 0 Å². The molecule has 1 rings (SSSR count). The van der Waals surface area contributed by atoms with E-state index in [1.54, 1.807) is 0 Å². The summed E-state index contributed by atoms with van der Waals surface area (Å²) in [6.45, 7) is 26.2. The number of nitrogens with two attached hydrogens (primary N) is 1. The van der Waals surface area contributed by atoms with Crippen molar-refractivity contribution in [2.45, 2.75) is 107 Å². The van der Waals surface area contributed by atoms with Gasteiger partial charge in [-0.1, -0.05) is 75.0 Å². The fraction of sp³-hybridized carbons (Fsp3) is 0.829. The molecule has 11 atom stereocenters. The van der Waals surface area contributed by atoms with Crippen LogP contribution in [0.25, 0.3) is 0 Å². The van der Waals surface area contributed by atoms with E-state index in [0.717, 1.165) is 43.3 Å². The van der Waals surface area contributed by atoms with E-state index in [9.17, 15) is 10.1 Å². The number of hydrogen-bond donors (Lipinski definition) is 1. The van der Waals surface area contributed by atoms with Crippen molar-refractivity contribution in [1.82, 2.24) is 4.90 Å².